The summed E-state index contributed by atoms with van der Waals surface area (Å²) in [6.07, 6.45) is 21.3. The van der Waals surface area contributed by atoms with Crippen LogP contribution in [0.25, 0.3) is 10.8 Å². The molecule has 0 spiro atoms. The van der Waals surface area contributed by atoms with Gasteiger partial charge in [-0.1, -0.05) is 133 Å². The molecule has 31 heavy (non-hydrogen) atoms. The van der Waals surface area contributed by atoms with Crippen molar-refractivity contribution in [1.29, 1.82) is 0 Å². The molecule has 0 aliphatic heterocycles. The maximum Gasteiger partial charge on any atom is 0.394 e. The van der Waals surface area contributed by atoms with E-state index < -0.39 is 10.4 Å². The molecule has 0 saturated carbocycles. The van der Waals surface area contributed by atoms with E-state index in [9.17, 15) is 0 Å². The average molecular weight is 451 g/mol. The Bertz CT molecular complexity index is 789. The van der Waals surface area contributed by atoms with Crippen molar-refractivity contribution in [2.45, 2.75) is 103 Å². The second kappa shape index (κ2) is 17.2. The maximum absolute atomic E-state index is 8.74. The molecule has 0 saturated heterocycles. The summed E-state index contributed by atoms with van der Waals surface area (Å²) < 4.78 is 31.6. The van der Waals surface area contributed by atoms with Crippen LogP contribution in [0, 0.1) is 0 Å². The van der Waals surface area contributed by atoms with E-state index in [0.29, 0.717) is 0 Å². The fourth-order valence-corrected chi connectivity index (χ4v) is 4.02. The van der Waals surface area contributed by atoms with Crippen molar-refractivity contribution >= 4 is 21.2 Å². The van der Waals surface area contributed by atoms with Crippen LogP contribution in [0.5, 0.6) is 0 Å². The van der Waals surface area contributed by atoms with Crippen LogP contribution < -0.4 is 0 Å². The minimum atomic E-state index is -4.67. The molecule has 0 amide bonds. The summed E-state index contributed by atoms with van der Waals surface area (Å²) in [5.41, 5.74) is 1.53. The SMILES string of the molecule is CCCCCCCCCCCCCCCCc1cccc2ccccc12.O=S(=O)(O)O. The van der Waals surface area contributed by atoms with E-state index in [1.807, 2.05) is 0 Å². The van der Waals surface area contributed by atoms with E-state index in [1.54, 1.807) is 0 Å². The number of hydrogen-bond acceptors (Lipinski definition) is 2. The van der Waals surface area contributed by atoms with Gasteiger partial charge in [0.1, 0.15) is 0 Å². The molecule has 0 radical (unpaired) electrons. The van der Waals surface area contributed by atoms with Crippen LogP contribution in [0.3, 0.4) is 0 Å². The minimum absolute atomic E-state index is 1.24. The first-order valence-electron chi connectivity index (χ1n) is 12.1. The lowest BCUT2D eigenvalue weighted by Gasteiger charge is -2.07. The highest BCUT2D eigenvalue weighted by Gasteiger charge is 2.00. The van der Waals surface area contributed by atoms with Crippen molar-refractivity contribution in [3.8, 4) is 0 Å². The molecule has 0 aromatic heterocycles. The molecule has 0 unspecified atom stereocenters. The van der Waals surface area contributed by atoms with Gasteiger partial charge in [0, 0.05) is 0 Å². The normalized spacial score (nSPS) is 11.3. The van der Waals surface area contributed by atoms with Gasteiger partial charge in [0.2, 0.25) is 0 Å². The molecule has 176 valence electrons. The van der Waals surface area contributed by atoms with Gasteiger partial charge in [0.15, 0.2) is 0 Å². The van der Waals surface area contributed by atoms with Gasteiger partial charge < -0.3 is 0 Å². The van der Waals surface area contributed by atoms with Gasteiger partial charge in [-0.25, -0.2) is 0 Å². The number of aryl methyl sites for hydroxylation is 1. The van der Waals surface area contributed by atoms with E-state index in [-0.39, 0.29) is 0 Å². The second-order valence-electron chi connectivity index (χ2n) is 8.43. The highest BCUT2D eigenvalue weighted by atomic mass is 32.3. The summed E-state index contributed by atoms with van der Waals surface area (Å²) in [6.45, 7) is 2.30. The Kier molecular flexibility index (Phi) is 15.3. The summed E-state index contributed by atoms with van der Waals surface area (Å²) in [5, 5.41) is 2.83. The zero-order chi connectivity index (χ0) is 22.8. The first kappa shape index (κ1) is 27.6. The first-order valence-corrected chi connectivity index (χ1v) is 13.5. The van der Waals surface area contributed by atoms with Crippen LogP contribution in [0.4, 0.5) is 0 Å². The zero-order valence-electron chi connectivity index (χ0n) is 19.3. The first-order chi connectivity index (χ1) is 14.9. The molecule has 2 aromatic carbocycles. The zero-order valence-corrected chi connectivity index (χ0v) is 20.1. The maximum atomic E-state index is 8.74. The Hall–Kier alpha value is -1.43. The summed E-state index contributed by atoms with van der Waals surface area (Å²) in [5.74, 6) is 0. The lowest BCUT2D eigenvalue weighted by molar-refractivity contribution is 0.381. The molecule has 2 rings (SSSR count). The topological polar surface area (TPSA) is 74.6 Å². The van der Waals surface area contributed by atoms with Crippen molar-refractivity contribution < 1.29 is 17.5 Å². The fraction of sp³-hybridized carbons (Fsp3) is 0.615. The molecule has 0 aliphatic rings. The van der Waals surface area contributed by atoms with E-state index in [0.717, 1.165) is 0 Å². The van der Waals surface area contributed by atoms with Crippen LogP contribution >= 0.6 is 0 Å². The highest BCUT2D eigenvalue weighted by Crippen LogP contribution is 2.21. The molecule has 0 bridgehead atoms. The molecule has 0 fully saturated rings. The Labute approximate surface area is 190 Å². The van der Waals surface area contributed by atoms with Gasteiger partial charge in [0.25, 0.3) is 0 Å². The predicted octanol–water partition coefficient (Wildman–Crippen LogP) is 8.21. The Morgan fingerprint density at radius 2 is 1.03 bits per heavy atom. The predicted molar refractivity (Wildman–Crippen MR) is 132 cm³/mol. The third-order valence-electron chi connectivity index (χ3n) is 5.68. The van der Waals surface area contributed by atoms with Crippen molar-refractivity contribution in [2.75, 3.05) is 0 Å². The Balaban J connectivity index is 0.000000861. The number of hydrogen-bond donors (Lipinski definition) is 2. The van der Waals surface area contributed by atoms with Crippen molar-refractivity contribution in [1.82, 2.24) is 0 Å². The monoisotopic (exact) mass is 450 g/mol. The molecule has 4 nitrogen and oxygen atoms in total. The minimum Gasteiger partial charge on any atom is -0.264 e. The number of benzene rings is 2. The molecular formula is C26H42O4S. The standard InChI is InChI=1S/C26H40.H2O4S/c1-2-3-4-5-6-7-8-9-10-11-12-13-14-15-19-24-21-18-22-25-20-16-17-23-26(24)25;1-5(2,3)4/h16-18,20-23H,2-15,19H2,1H3;(H2,1,2,3,4). The Morgan fingerprint density at radius 3 is 1.55 bits per heavy atom. The molecule has 5 heteroatoms. The van der Waals surface area contributed by atoms with Gasteiger partial charge in [0.05, 0.1) is 0 Å². The lowest BCUT2D eigenvalue weighted by Crippen LogP contribution is -1.89. The summed E-state index contributed by atoms with van der Waals surface area (Å²) in [4.78, 5) is 0. The molecule has 0 atom stereocenters. The van der Waals surface area contributed by atoms with Crippen molar-refractivity contribution in [3.05, 3.63) is 48.0 Å². The van der Waals surface area contributed by atoms with Gasteiger partial charge in [-0.15, -0.1) is 0 Å². The van der Waals surface area contributed by atoms with Crippen LogP contribution in [-0.4, -0.2) is 17.5 Å². The fourth-order valence-electron chi connectivity index (χ4n) is 4.02. The van der Waals surface area contributed by atoms with Crippen LogP contribution in [0.2, 0.25) is 0 Å². The molecule has 0 heterocycles. The van der Waals surface area contributed by atoms with Gasteiger partial charge in [-0.3, -0.25) is 9.11 Å². The highest BCUT2D eigenvalue weighted by molar-refractivity contribution is 7.79. The van der Waals surface area contributed by atoms with Crippen molar-refractivity contribution in [3.63, 3.8) is 0 Å². The van der Waals surface area contributed by atoms with Crippen LogP contribution in [0.15, 0.2) is 42.5 Å². The lowest BCUT2D eigenvalue weighted by atomic mass is 9.99. The third-order valence-corrected chi connectivity index (χ3v) is 5.68. The van der Waals surface area contributed by atoms with Gasteiger partial charge >= 0.3 is 10.4 Å². The summed E-state index contributed by atoms with van der Waals surface area (Å²) in [6, 6.07) is 15.5. The van der Waals surface area contributed by atoms with E-state index >= 15 is 0 Å². The van der Waals surface area contributed by atoms with Crippen LogP contribution in [-0.2, 0) is 16.8 Å². The van der Waals surface area contributed by atoms with Gasteiger partial charge in [-0.05, 0) is 29.2 Å². The third kappa shape index (κ3) is 15.9. The van der Waals surface area contributed by atoms with E-state index in [2.05, 4.69) is 49.4 Å². The molecule has 2 aromatic rings. The number of unbranched alkanes of at least 4 members (excludes halogenated alkanes) is 13. The molecule has 0 aliphatic carbocycles. The van der Waals surface area contributed by atoms with E-state index in [4.69, 9.17) is 17.5 Å². The van der Waals surface area contributed by atoms with Gasteiger partial charge in [-0.2, -0.15) is 8.42 Å². The largest absolute Gasteiger partial charge is 0.394 e. The molecule has 2 N–H and O–H groups in total. The van der Waals surface area contributed by atoms with E-state index in [1.165, 1.54) is 113 Å². The smallest absolute Gasteiger partial charge is 0.264 e. The number of fused-ring (bicyclic) bond motifs is 1. The van der Waals surface area contributed by atoms with Crippen LogP contribution in [0.1, 0.15) is 102 Å². The Morgan fingerprint density at radius 1 is 0.613 bits per heavy atom. The van der Waals surface area contributed by atoms with Crippen molar-refractivity contribution in [2.24, 2.45) is 0 Å². The number of rotatable bonds is 15. The summed E-state index contributed by atoms with van der Waals surface area (Å²) >= 11 is 0. The summed E-state index contributed by atoms with van der Waals surface area (Å²) in [7, 11) is -4.67. The quantitative estimate of drug-likeness (QED) is 0.212. The second-order valence-corrected chi connectivity index (χ2v) is 9.33. The molecular weight excluding hydrogens is 408 g/mol. The average Bonchev–Trinajstić information content (AvgIpc) is 2.73.